The van der Waals surface area contributed by atoms with E-state index in [0.717, 1.165) is 24.9 Å². The molecule has 3 aromatic rings. The molecule has 238 valence electrons. The fourth-order valence-corrected chi connectivity index (χ4v) is 6.48. The molecule has 0 bridgehead atoms. The molecule has 0 unspecified atom stereocenters. The van der Waals surface area contributed by atoms with Gasteiger partial charge in [-0.25, -0.2) is 9.59 Å². The lowest BCUT2D eigenvalue weighted by Gasteiger charge is -2.28. The number of halogens is 3. The topological polar surface area (TPSA) is 140 Å². The summed E-state index contributed by atoms with van der Waals surface area (Å²) in [5, 5.41) is 20.0. The first-order valence-corrected chi connectivity index (χ1v) is 16.6. The van der Waals surface area contributed by atoms with Crippen LogP contribution < -0.4 is 30.3 Å². The molecule has 0 saturated heterocycles. The highest BCUT2D eigenvalue weighted by Crippen LogP contribution is 2.35. The molecule has 4 N–H and O–H groups in total. The van der Waals surface area contributed by atoms with E-state index >= 15 is 0 Å². The average molecular weight is 905 g/mol. The zero-order valence-electron chi connectivity index (χ0n) is 24.5. The molecule has 4 rings (SSSR count). The monoisotopic (exact) mass is 904 g/mol. The van der Waals surface area contributed by atoms with E-state index in [1.807, 2.05) is 43.3 Å². The number of rotatable bonds is 13. The SMILES string of the molecule is CCOc1cc([C@@H]2NC(=O)NC(C)=C2C(=O)OC)ccc1OC[C@H](O)N/N=C\c1cc(Br)c(OCc2ccc(I)cc2)c(I)c1. The highest BCUT2D eigenvalue weighted by Gasteiger charge is 2.32. The lowest BCUT2D eigenvalue weighted by molar-refractivity contribution is -0.136. The van der Waals surface area contributed by atoms with Crippen molar-refractivity contribution >= 4 is 79.3 Å². The van der Waals surface area contributed by atoms with Crippen molar-refractivity contribution in [2.24, 2.45) is 5.10 Å². The minimum Gasteiger partial charge on any atom is -0.490 e. The Morgan fingerprint density at radius 3 is 2.56 bits per heavy atom. The third-order valence-electron chi connectivity index (χ3n) is 6.43. The van der Waals surface area contributed by atoms with Crippen molar-refractivity contribution in [2.75, 3.05) is 20.3 Å². The molecule has 0 aliphatic carbocycles. The number of esters is 1. The van der Waals surface area contributed by atoms with Gasteiger partial charge in [-0.05, 0) is 128 Å². The van der Waals surface area contributed by atoms with Gasteiger partial charge in [0.05, 0.1) is 39.6 Å². The van der Waals surface area contributed by atoms with Gasteiger partial charge in [0.25, 0.3) is 0 Å². The Hall–Kier alpha value is -3.09. The number of methoxy groups -OCH3 is 1. The minimum atomic E-state index is -1.13. The molecule has 2 atom stereocenters. The van der Waals surface area contributed by atoms with Crippen molar-refractivity contribution in [1.29, 1.82) is 0 Å². The number of benzene rings is 3. The summed E-state index contributed by atoms with van der Waals surface area (Å²) in [6.07, 6.45) is 0.455. The maximum Gasteiger partial charge on any atom is 0.337 e. The van der Waals surface area contributed by atoms with Crippen LogP contribution in [-0.2, 0) is 16.1 Å². The Labute approximate surface area is 296 Å². The number of allylic oxidation sites excluding steroid dienone is 1. The van der Waals surface area contributed by atoms with Crippen molar-refractivity contribution in [1.82, 2.24) is 16.1 Å². The quantitative estimate of drug-likeness (QED) is 0.0559. The Bertz CT molecular complexity index is 1580. The summed E-state index contributed by atoms with van der Waals surface area (Å²) < 4.78 is 25.4. The number of carbonyl (C=O) groups excluding carboxylic acids is 2. The van der Waals surface area contributed by atoms with Crippen LogP contribution in [0.15, 0.2) is 75.4 Å². The summed E-state index contributed by atoms with van der Waals surface area (Å²) in [5.41, 5.74) is 5.78. The predicted molar refractivity (Wildman–Crippen MR) is 189 cm³/mol. The van der Waals surface area contributed by atoms with Gasteiger partial charge in [0, 0.05) is 9.27 Å². The number of carbonyl (C=O) groups is 2. The maximum atomic E-state index is 12.4. The number of nitrogens with zero attached hydrogens (tertiary/aromatic N) is 1. The zero-order chi connectivity index (χ0) is 32.5. The molecule has 0 spiro atoms. The summed E-state index contributed by atoms with van der Waals surface area (Å²) in [7, 11) is 1.28. The molecule has 0 aromatic heterocycles. The first kappa shape index (κ1) is 34.8. The second-order valence-corrected chi connectivity index (χ2v) is 12.9. The zero-order valence-corrected chi connectivity index (χ0v) is 30.4. The van der Waals surface area contributed by atoms with E-state index < -0.39 is 24.3 Å². The standard InChI is InChI=1S/C31H31BrI2N4O7/c1-4-43-25-13-20(28-27(30(40)42-3)17(2)36-31(41)37-28)7-10-24(25)44-16-26(39)38-35-14-19-11-22(32)29(23(34)12-19)45-15-18-5-8-21(33)9-6-18/h5-14,26,28,38-39H,4,15-16H2,1-3H3,(H2,36,37,41)/b35-14-/t26-,28-/m0/s1. The third kappa shape index (κ3) is 9.46. The number of hydrogen-bond acceptors (Lipinski definition) is 9. The van der Waals surface area contributed by atoms with Crippen LogP contribution in [0.4, 0.5) is 4.79 Å². The first-order chi connectivity index (χ1) is 21.6. The Balaban J connectivity index is 1.37. The number of amides is 2. The van der Waals surface area contributed by atoms with Crippen molar-refractivity contribution in [3.63, 3.8) is 0 Å². The molecule has 2 amide bonds. The van der Waals surface area contributed by atoms with E-state index in [-0.39, 0.29) is 12.2 Å². The van der Waals surface area contributed by atoms with Gasteiger partial charge in [-0.2, -0.15) is 5.10 Å². The Morgan fingerprint density at radius 2 is 1.87 bits per heavy atom. The molecule has 1 heterocycles. The van der Waals surface area contributed by atoms with Gasteiger partial charge < -0.3 is 34.7 Å². The lowest BCUT2D eigenvalue weighted by atomic mass is 9.95. The average Bonchev–Trinajstić information content (AvgIpc) is 3.00. The van der Waals surface area contributed by atoms with Crippen LogP contribution in [0.25, 0.3) is 0 Å². The summed E-state index contributed by atoms with van der Waals surface area (Å²) in [5.74, 6) is 0.913. The number of hydrogen-bond donors (Lipinski definition) is 4. The van der Waals surface area contributed by atoms with Gasteiger partial charge in [0.2, 0.25) is 0 Å². The predicted octanol–water partition coefficient (Wildman–Crippen LogP) is 5.76. The van der Waals surface area contributed by atoms with Crippen LogP contribution in [0.3, 0.4) is 0 Å². The van der Waals surface area contributed by atoms with E-state index in [9.17, 15) is 14.7 Å². The normalized spacial score (nSPS) is 15.3. The van der Waals surface area contributed by atoms with Gasteiger partial charge in [0.1, 0.15) is 19.0 Å². The molecule has 0 fully saturated rings. The van der Waals surface area contributed by atoms with Crippen molar-refractivity contribution < 1.29 is 33.6 Å². The van der Waals surface area contributed by atoms with Crippen LogP contribution in [0.5, 0.6) is 17.2 Å². The van der Waals surface area contributed by atoms with Crippen molar-refractivity contribution in [3.05, 3.63) is 94.2 Å². The van der Waals surface area contributed by atoms with Crippen LogP contribution >= 0.6 is 61.1 Å². The molecular weight excluding hydrogens is 874 g/mol. The van der Waals surface area contributed by atoms with E-state index in [2.05, 4.69) is 82.3 Å². The fourth-order valence-electron chi connectivity index (χ4n) is 4.35. The first-order valence-electron chi connectivity index (χ1n) is 13.7. The second kappa shape index (κ2) is 16.5. The molecule has 1 aliphatic heterocycles. The summed E-state index contributed by atoms with van der Waals surface area (Å²) in [4.78, 5) is 24.6. The molecule has 0 saturated carbocycles. The number of nitrogens with one attached hydrogen (secondary N) is 3. The molecule has 14 heteroatoms. The van der Waals surface area contributed by atoms with Gasteiger partial charge in [-0.15, -0.1) is 0 Å². The Morgan fingerprint density at radius 1 is 1.11 bits per heavy atom. The molecule has 0 radical (unpaired) electrons. The van der Waals surface area contributed by atoms with Crippen molar-refractivity contribution in [2.45, 2.75) is 32.7 Å². The third-order valence-corrected chi connectivity index (χ3v) is 8.54. The Kier molecular flexibility index (Phi) is 12.7. The van der Waals surface area contributed by atoms with E-state index in [1.54, 1.807) is 31.3 Å². The summed E-state index contributed by atoms with van der Waals surface area (Å²) >= 11 is 8.06. The van der Waals surface area contributed by atoms with E-state index in [4.69, 9.17) is 18.9 Å². The van der Waals surface area contributed by atoms with Gasteiger partial charge in [-0.3, -0.25) is 5.43 Å². The smallest absolute Gasteiger partial charge is 0.337 e. The van der Waals surface area contributed by atoms with E-state index in [1.165, 1.54) is 10.7 Å². The van der Waals surface area contributed by atoms with Crippen molar-refractivity contribution in [3.8, 4) is 17.2 Å². The molecule has 45 heavy (non-hydrogen) atoms. The highest BCUT2D eigenvalue weighted by atomic mass is 127. The minimum absolute atomic E-state index is 0.139. The number of aliphatic hydroxyl groups excluding tert-OH is 1. The van der Waals surface area contributed by atoms with E-state index in [0.29, 0.717) is 36.0 Å². The van der Waals surface area contributed by atoms with Gasteiger partial charge >= 0.3 is 12.0 Å². The summed E-state index contributed by atoms with van der Waals surface area (Å²) in [6.45, 7) is 4.10. The lowest BCUT2D eigenvalue weighted by Crippen LogP contribution is -2.45. The number of ether oxygens (including phenoxy) is 4. The van der Waals surface area contributed by atoms with Crippen LogP contribution in [0.1, 0.15) is 36.6 Å². The van der Waals surface area contributed by atoms with Crippen LogP contribution in [0.2, 0.25) is 0 Å². The number of aliphatic hydroxyl groups is 1. The van der Waals surface area contributed by atoms with Crippen LogP contribution in [0, 0.1) is 7.14 Å². The maximum absolute atomic E-state index is 12.4. The summed E-state index contributed by atoms with van der Waals surface area (Å²) in [6, 6.07) is 15.8. The largest absolute Gasteiger partial charge is 0.490 e. The highest BCUT2D eigenvalue weighted by molar-refractivity contribution is 14.1. The van der Waals surface area contributed by atoms with Gasteiger partial charge in [0.15, 0.2) is 17.7 Å². The second-order valence-electron chi connectivity index (χ2n) is 9.64. The number of hydrazone groups is 1. The van der Waals surface area contributed by atoms with Gasteiger partial charge in [-0.1, -0.05) is 18.2 Å². The molecule has 11 nitrogen and oxygen atoms in total. The molecule has 3 aromatic carbocycles. The molecule has 1 aliphatic rings. The number of urea groups is 1. The molecular formula is C31H31BrI2N4O7. The van der Waals surface area contributed by atoms with Crippen LogP contribution in [-0.4, -0.2) is 49.9 Å². The fraction of sp³-hybridized carbons (Fsp3) is 0.258.